The van der Waals surface area contributed by atoms with Gasteiger partial charge in [-0.3, -0.25) is 0 Å². The second-order valence-corrected chi connectivity index (χ2v) is 13.0. The number of hydrogen-bond donors (Lipinski definition) is 0. The normalized spacial score (nSPS) is 11.8. The molecule has 0 heterocycles. The van der Waals surface area contributed by atoms with Gasteiger partial charge in [-0.1, -0.05) is 47.7 Å². The Morgan fingerprint density at radius 1 is 1.25 bits per heavy atom. The standard InChI is InChI=1S/C13H21BrSSi/c1-11-12(6-5-7-13(11)14)10-15-8-9-16(2,3)4/h5-7H,8-10H2,1-4H3. The summed E-state index contributed by atoms with van der Waals surface area (Å²) in [5.41, 5.74) is 2.86. The molecule has 3 heteroatoms. The van der Waals surface area contributed by atoms with Crippen molar-refractivity contribution in [2.75, 3.05) is 5.75 Å². The first-order chi connectivity index (χ1) is 7.40. The van der Waals surface area contributed by atoms with Crippen LogP contribution in [0.3, 0.4) is 0 Å². The van der Waals surface area contributed by atoms with Crippen LogP contribution in [-0.2, 0) is 5.75 Å². The summed E-state index contributed by atoms with van der Waals surface area (Å²) < 4.78 is 1.23. The summed E-state index contributed by atoms with van der Waals surface area (Å²) in [7, 11) is -0.850. The molecule has 0 N–H and O–H groups in total. The van der Waals surface area contributed by atoms with Gasteiger partial charge in [0.25, 0.3) is 0 Å². The highest BCUT2D eigenvalue weighted by atomic mass is 79.9. The zero-order valence-corrected chi connectivity index (χ0v) is 14.0. The van der Waals surface area contributed by atoms with Crippen molar-refractivity contribution in [2.24, 2.45) is 0 Å². The van der Waals surface area contributed by atoms with Crippen molar-refractivity contribution in [1.29, 1.82) is 0 Å². The summed E-state index contributed by atoms with van der Waals surface area (Å²) >= 11 is 5.65. The van der Waals surface area contributed by atoms with Gasteiger partial charge in [0, 0.05) is 18.3 Å². The van der Waals surface area contributed by atoms with Crippen LogP contribution in [0.25, 0.3) is 0 Å². The molecule has 0 bridgehead atoms. The molecular weight excluding hydrogens is 296 g/mol. The minimum Gasteiger partial charge on any atom is -0.157 e. The van der Waals surface area contributed by atoms with E-state index < -0.39 is 8.07 Å². The van der Waals surface area contributed by atoms with Crippen molar-refractivity contribution in [2.45, 2.75) is 38.4 Å². The molecule has 0 fully saturated rings. The van der Waals surface area contributed by atoms with Crippen LogP contribution in [0.4, 0.5) is 0 Å². The van der Waals surface area contributed by atoms with E-state index in [0.717, 1.165) is 5.75 Å². The minimum atomic E-state index is -0.850. The van der Waals surface area contributed by atoms with Gasteiger partial charge >= 0.3 is 0 Å². The molecule has 0 unspecified atom stereocenters. The van der Waals surface area contributed by atoms with Crippen LogP contribution in [0.5, 0.6) is 0 Å². The Bertz CT molecular complexity index is 344. The quantitative estimate of drug-likeness (QED) is 0.522. The smallest absolute Gasteiger partial charge is 0.0450 e. The molecule has 0 amide bonds. The van der Waals surface area contributed by atoms with Crippen molar-refractivity contribution in [1.82, 2.24) is 0 Å². The van der Waals surface area contributed by atoms with Gasteiger partial charge in [-0.2, -0.15) is 11.8 Å². The van der Waals surface area contributed by atoms with Crippen LogP contribution in [0.2, 0.25) is 25.7 Å². The number of rotatable bonds is 5. The summed E-state index contributed by atoms with van der Waals surface area (Å²) in [6.07, 6.45) is 0. The summed E-state index contributed by atoms with van der Waals surface area (Å²) in [5, 5.41) is 0. The fraction of sp³-hybridized carbons (Fsp3) is 0.538. The minimum absolute atomic E-state index is 0.850. The molecule has 0 radical (unpaired) electrons. The highest BCUT2D eigenvalue weighted by Gasteiger charge is 2.12. The number of thioether (sulfide) groups is 1. The van der Waals surface area contributed by atoms with Gasteiger partial charge in [0.15, 0.2) is 0 Å². The Balaban J connectivity index is 2.41. The van der Waals surface area contributed by atoms with Crippen molar-refractivity contribution in [3.05, 3.63) is 33.8 Å². The Morgan fingerprint density at radius 3 is 2.56 bits per heavy atom. The van der Waals surface area contributed by atoms with Crippen LogP contribution in [0, 0.1) is 6.92 Å². The third-order valence-electron chi connectivity index (χ3n) is 2.63. The molecule has 1 rings (SSSR count). The molecule has 16 heavy (non-hydrogen) atoms. The van der Waals surface area contributed by atoms with Gasteiger partial charge in [-0.25, -0.2) is 0 Å². The van der Waals surface area contributed by atoms with Gasteiger partial charge in [-0.05, 0) is 35.9 Å². The Kier molecular flexibility index (Phi) is 5.61. The predicted molar refractivity (Wildman–Crippen MR) is 83.2 cm³/mol. The molecule has 1 aromatic carbocycles. The average Bonchev–Trinajstić information content (AvgIpc) is 2.17. The maximum atomic E-state index is 3.58. The van der Waals surface area contributed by atoms with Crippen molar-refractivity contribution in [3.63, 3.8) is 0 Å². The maximum Gasteiger partial charge on any atom is 0.0450 e. The number of hydrogen-bond acceptors (Lipinski definition) is 1. The van der Waals surface area contributed by atoms with E-state index in [1.54, 1.807) is 0 Å². The summed E-state index contributed by atoms with van der Waals surface area (Å²) in [5.74, 6) is 2.46. The molecule has 0 spiro atoms. The monoisotopic (exact) mass is 316 g/mol. The summed E-state index contributed by atoms with van der Waals surface area (Å²) in [4.78, 5) is 0. The lowest BCUT2D eigenvalue weighted by Gasteiger charge is -2.15. The van der Waals surface area contributed by atoms with Crippen molar-refractivity contribution >= 4 is 35.8 Å². The maximum absolute atomic E-state index is 3.58. The topological polar surface area (TPSA) is 0 Å². The van der Waals surface area contributed by atoms with Gasteiger partial charge in [0.2, 0.25) is 0 Å². The third-order valence-corrected chi connectivity index (χ3v) is 6.61. The first kappa shape index (κ1) is 14.3. The van der Waals surface area contributed by atoms with E-state index in [0.29, 0.717) is 0 Å². The van der Waals surface area contributed by atoms with Crippen molar-refractivity contribution in [3.8, 4) is 0 Å². The SMILES string of the molecule is Cc1c(Br)cccc1CSCC[Si](C)(C)C. The summed E-state index contributed by atoms with van der Waals surface area (Å²) in [6.45, 7) is 9.52. The first-order valence-electron chi connectivity index (χ1n) is 5.72. The molecule has 0 atom stereocenters. The van der Waals surface area contributed by atoms with Crippen LogP contribution in [-0.4, -0.2) is 13.8 Å². The van der Waals surface area contributed by atoms with E-state index in [-0.39, 0.29) is 0 Å². The third kappa shape index (κ3) is 5.06. The molecule has 0 aliphatic heterocycles. The van der Waals surface area contributed by atoms with E-state index in [1.165, 1.54) is 27.4 Å². The van der Waals surface area contributed by atoms with Gasteiger partial charge < -0.3 is 0 Å². The van der Waals surface area contributed by atoms with Crippen LogP contribution >= 0.6 is 27.7 Å². The van der Waals surface area contributed by atoms with Crippen LogP contribution in [0.15, 0.2) is 22.7 Å². The van der Waals surface area contributed by atoms with Crippen LogP contribution < -0.4 is 0 Å². The Morgan fingerprint density at radius 2 is 1.94 bits per heavy atom. The first-order valence-corrected chi connectivity index (χ1v) is 11.4. The molecular formula is C13H21BrSSi. The highest BCUT2D eigenvalue weighted by molar-refractivity contribution is 9.10. The summed E-state index contributed by atoms with van der Waals surface area (Å²) in [6, 6.07) is 7.91. The highest BCUT2D eigenvalue weighted by Crippen LogP contribution is 2.24. The molecule has 0 aromatic heterocycles. The Labute approximate surface area is 113 Å². The molecule has 90 valence electrons. The van der Waals surface area contributed by atoms with Gasteiger partial charge in [0.1, 0.15) is 0 Å². The lowest BCUT2D eigenvalue weighted by molar-refractivity contribution is 1.28. The molecule has 0 aliphatic rings. The van der Waals surface area contributed by atoms with E-state index in [2.05, 4.69) is 72.5 Å². The number of benzene rings is 1. The van der Waals surface area contributed by atoms with E-state index >= 15 is 0 Å². The van der Waals surface area contributed by atoms with E-state index in [9.17, 15) is 0 Å². The van der Waals surface area contributed by atoms with Gasteiger partial charge in [0.05, 0.1) is 0 Å². The second-order valence-electron chi connectivity index (χ2n) is 5.39. The fourth-order valence-corrected chi connectivity index (χ4v) is 5.48. The van der Waals surface area contributed by atoms with E-state index in [4.69, 9.17) is 0 Å². The molecule has 1 aromatic rings. The lowest BCUT2D eigenvalue weighted by Crippen LogP contribution is -2.19. The zero-order valence-electron chi connectivity index (χ0n) is 10.6. The van der Waals surface area contributed by atoms with Gasteiger partial charge in [-0.15, -0.1) is 0 Å². The molecule has 0 nitrogen and oxygen atoms in total. The predicted octanol–water partition coefficient (Wildman–Crippen LogP) is 5.33. The largest absolute Gasteiger partial charge is 0.157 e. The lowest BCUT2D eigenvalue weighted by atomic mass is 10.1. The fourth-order valence-electron chi connectivity index (χ4n) is 1.37. The average molecular weight is 317 g/mol. The van der Waals surface area contributed by atoms with Crippen molar-refractivity contribution < 1.29 is 0 Å². The molecule has 0 saturated heterocycles. The molecule has 0 saturated carbocycles. The van der Waals surface area contributed by atoms with E-state index in [1.807, 2.05) is 0 Å². The van der Waals surface area contributed by atoms with Crippen LogP contribution in [0.1, 0.15) is 11.1 Å². The molecule has 0 aliphatic carbocycles. The second kappa shape index (κ2) is 6.27. The zero-order chi connectivity index (χ0) is 12.2. The number of halogens is 1. The Hall–Kier alpha value is 0.267.